The SMILES string of the molecule is COc1ccc(NC(=O)C2CCC(O)CC2)c(OC)c1. The lowest BCUT2D eigenvalue weighted by Crippen LogP contribution is -2.28. The van der Waals surface area contributed by atoms with Gasteiger partial charge in [0.2, 0.25) is 5.91 Å². The van der Waals surface area contributed by atoms with Crippen LogP contribution in [0, 0.1) is 5.92 Å². The van der Waals surface area contributed by atoms with E-state index in [0.717, 1.165) is 12.8 Å². The van der Waals surface area contributed by atoms with Crippen molar-refractivity contribution in [2.24, 2.45) is 5.92 Å². The molecule has 0 aliphatic heterocycles. The van der Waals surface area contributed by atoms with Crippen LogP contribution in [0.25, 0.3) is 0 Å². The lowest BCUT2D eigenvalue weighted by molar-refractivity contribution is -0.121. The quantitative estimate of drug-likeness (QED) is 0.886. The molecule has 1 aliphatic carbocycles. The summed E-state index contributed by atoms with van der Waals surface area (Å²) in [4.78, 5) is 12.2. The molecule has 1 aromatic carbocycles. The number of carbonyl (C=O) groups is 1. The first-order valence-electron chi connectivity index (χ1n) is 6.85. The maximum Gasteiger partial charge on any atom is 0.227 e. The Morgan fingerprint density at radius 3 is 2.50 bits per heavy atom. The van der Waals surface area contributed by atoms with Gasteiger partial charge in [-0.05, 0) is 37.8 Å². The molecule has 1 aliphatic rings. The van der Waals surface area contributed by atoms with Crippen LogP contribution in [0.4, 0.5) is 5.69 Å². The van der Waals surface area contributed by atoms with Crippen LogP contribution in [0.15, 0.2) is 18.2 Å². The molecule has 0 heterocycles. The Kier molecular flexibility index (Phi) is 4.84. The van der Waals surface area contributed by atoms with Crippen LogP contribution in [0.3, 0.4) is 0 Å². The van der Waals surface area contributed by atoms with Gasteiger partial charge in [-0.15, -0.1) is 0 Å². The van der Waals surface area contributed by atoms with E-state index < -0.39 is 0 Å². The Labute approximate surface area is 118 Å². The van der Waals surface area contributed by atoms with Crippen molar-refractivity contribution in [3.05, 3.63) is 18.2 Å². The number of nitrogens with one attached hydrogen (secondary N) is 1. The maximum absolute atomic E-state index is 12.2. The number of rotatable bonds is 4. The second-order valence-corrected chi connectivity index (χ2v) is 5.06. The fourth-order valence-electron chi connectivity index (χ4n) is 2.47. The number of carbonyl (C=O) groups excluding carboxylic acids is 1. The number of aliphatic hydroxyl groups is 1. The highest BCUT2D eigenvalue weighted by atomic mass is 16.5. The zero-order valence-corrected chi connectivity index (χ0v) is 11.9. The average Bonchev–Trinajstić information content (AvgIpc) is 2.48. The molecule has 5 heteroatoms. The fourth-order valence-corrected chi connectivity index (χ4v) is 2.47. The van der Waals surface area contributed by atoms with Crippen molar-refractivity contribution in [3.63, 3.8) is 0 Å². The molecule has 2 rings (SSSR count). The van der Waals surface area contributed by atoms with E-state index in [1.807, 2.05) is 0 Å². The van der Waals surface area contributed by atoms with E-state index in [9.17, 15) is 9.90 Å². The first-order chi connectivity index (χ1) is 9.63. The van der Waals surface area contributed by atoms with Crippen LogP contribution >= 0.6 is 0 Å². The molecule has 1 aromatic rings. The summed E-state index contributed by atoms with van der Waals surface area (Å²) in [5, 5.41) is 12.4. The fraction of sp³-hybridized carbons (Fsp3) is 0.533. The number of aliphatic hydroxyl groups excluding tert-OH is 1. The van der Waals surface area contributed by atoms with Gasteiger partial charge in [0, 0.05) is 12.0 Å². The first kappa shape index (κ1) is 14.7. The summed E-state index contributed by atoms with van der Waals surface area (Å²) < 4.78 is 10.4. The van der Waals surface area contributed by atoms with Crippen molar-refractivity contribution >= 4 is 11.6 Å². The smallest absolute Gasteiger partial charge is 0.227 e. The predicted octanol–water partition coefficient (Wildman–Crippen LogP) is 2.19. The van der Waals surface area contributed by atoms with Crippen molar-refractivity contribution in [1.29, 1.82) is 0 Å². The number of hydrogen-bond acceptors (Lipinski definition) is 4. The summed E-state index contributed by atoms with van der Waals surface area (Å²) >= 11 is 0. The highest BCUT2D eigenvalue weighted by Gasteiger charge is 2.25. The van der Waals surface area contributed by atoms with Crippen LogP contribution in [-0.4, -0.2) is 31.3 Å². The third kappa shape index (κ3) is 3.42. The lowest BCUT2D eigenvalue weighted by atomic mass is 9.87. The Morgan fingerprint density at radius 2 is 1.90 bits per heavy atom. The van der Waals surface area contributed by atoms with Gasteiger partial charge in [0.25, 0.3) is 0 Å². The van der Waals surface area contributed by atoms with E-state index in [0.29, 0.717) is 30.0 Å². The molecule has 0 aromatic heterocycles. The van der Waals surface area contributed by atoms with Gasteiger partial charge in [-0.2, -0.15) is 0 Å². The molecular weight excluding hydrogens is 258 g/mol. The third-order valence-electron chi connectivity index (χ3n) is 3.73. The van der Waals surface area contributed by atoms with Gasteiger partial charge >= 0.3 is 0 Å². The van der Waals surface area contributed by atoms with E-state index >= 15 is 0 Å². The van der Waals surface area contributed by atoms with Crippen molar-refractivity contribution < 1.29 is 19.4 Å². The Hall–Kier alpha value is -1.75. The second-order valence-electron chi connectivity index (χ2n) is 5.06. The van der Waals surface area contributed by atoms with Gasteiger partial charge in [-0.1, -0.05) is 0 Å². The number of hydrogen-bond donors (Lipinski definition) is 2. The summed E-state index contributed by atoms with van der Waals surface area (Å²) in [6, 6.07) is 5.29. The normalized spacial score (nSPS) is 22.1. The highest BCUT2D eigenvalue weighted by molar-refractivity contribution is 5.94. The Morgan fingerprint density at radius 1 is 1.20 bits per heavy atom. The van der Waals surface area contributed by atoms with Gasteiger partial charge in [0.15, 0.2) is 0 Å². The van der Waals surface area contributed by atoms with Gasteiger partial charge in [0.05, 0.1) is 26.0 Å². The van der Waals surface area contributed by atoms with Crippen molar-refractivity contribution in [2.45, 2.75) is 31.8 Å². The number of ether oxygens (including phenoxy) is 2. The minimum Gasteiger partial charge on any atom is -0.497 e. The molecule has 110 valence electrons. The highest BCUT2D eigenvalue weighted by Crippen LogP contribution is 2.31. The molecular formula is C15H21NO4. The molecule has 0 spiro atoms. The molecule has 0 bridgehead atoms. The van der Waals surface area contributed by atoms with E-state index in [2.05, 4.69) is 5.32 Å². The summed E-state index contributed by atoms with van der Waals surface area (Å²) in [5.41, 5.74) is 0.643. The number of amides is 1. The molecule has 0 atom stereocenters. The lowest BCUT2D eigenvalue weighted by Gasteiger charge is -2.24. The van der Waals surface area contributed by atoms with Crippen LogP contribution in [0.5, 0.6) is 11.5 Å². The minimum atomic E-state index is -0.255. The van der Waals surface area contributed by atoms with E-state index in [1.54, 1.807) is 32.4 Å². The first-order valence-corrected chi connectivity index (χ1v) is 6.85. The predicted molar refractivity (Wildman–Crippen MR) is 76.1 cm³/mol. The van der Waals surface area contributed by atoms with Gasteiger partial charge in [0.1, 0.15) is 11.5 Å². The molecule has 1 fully saturated rings. The number of methoxy groups -OCH3 is 2. The Bertz CT molecular complexity index is 467. The summed E-state index contributed by atoms with van der Waals surface area (Å²) in [6.07, 6.45) is 2.58. The molecule has 0 saturated heterocycles. The zero-order chi connectivity index (χ0) is 14.5. The van der Waals surface area contributed by atoms with Crippen LogP contribution in [0.1, 0.15) is 25.7 Å². The number of benzene rings is 1. The van der Waals surface area contributed by atoms with Crippen LogP contribution in [-0.2, 0) is 4.79 Å². The summed E-state index contributed by atoms with van der Waals surface area (Å²) in [7, 11) is 3.14. The number of anilines is 1. The standard InChI is InChI=1S/C15H21NO4/c1-19-12-7-8-13(14(9-12)20-2)16-15(18)10-3-5-11(17)6-4-10/h7-11,17H,3-6H2,1-2H3,(H,16,18). The van der Waals surface area contributed by atoms with Gasteiger partial charge in [-0.25, -0.2) is 0 Å². The second kappa shape index (κ2) is 6.61. The molecule has 5 nitrogen and oxygen atoms in total. The van der Waals surface area contributed by atoms with E-state index in [1.165, 1.54) is 0 Å². The van der Waals surface area contributed by atoms with Gasteiger partial charge < -0.3 is 19.9 Å². The molecule has 2 N–H and O–H groups in total. The zero-order valence-electron chi connectivity index (χ0n) is 11.9. The maximum atomic E-state index is 12.2. The van der Waals surface area contributed by atoms with Gasteiger partial charge in [-0.3, -0.25) is 4.79 Å². The van der Waals surface area contributed by atoms with E-state index in [4.69, 9.17) is 9.47 Å². The summed E-state index contributed by atoms with van der Waals surface area (Å²) in [5.74, 6) is 1.21. The largest absolute Gasteiger partial charge is 0.497 e. The van der Waals surface area contributed by atoms with Crippen LogP contribution < -0.4 is 14.8 Å². The topological polar surface area (TPSA) is 67.8 Å². The minimum absolute atomic E-state index is 0.0135. The third-order valence-corrected chi connectivity index (χ3v) is 3.73. The average molecular weight is 279 g/mol. The molecule has 20 heavy (non-hydrogen) atoms. The molecule has 0 unspecified atom stereocenters. The van der Waals surface area contributed by atoms with Crippen molar-refractivity contribution in [3.8, 4) is 11.5 Å². The summed E-state index contributed by atoms with van der Waals surface area (Å²) in [6.45, 7) is 0. The van der Waals surface area contributed by atoms with E-state index in [-0.39, 0.29) is 17.9 Å². The van der Waals surface area contributed by atoms with Crippen molar-refractivity contribution in [2.75, 3.05) is 19.5 Å². The molecule has 1 amide bonds. The molecule has 1 saturated carbocycles. The van der Waals surface area contributed by atoms with Crippen molar-refractivity contribution in [1.82, 2.24) is 0 Å². The monoisotopic (exact) mass is 279 g/mol. The molecule has 0 radical (unpaired) electrons. The Balaban J connectivity index is 2.03. The van der Waals surface area contributed by atoms with Crippen LogP contribution in [0.2, 0.25) is 0 Å².